The van der Waals surface area contributed by atoms with Gasteiger partial charge < -0.3 is 10.2 Å². The van der Waals surface area contributed by atoms with Crippen LogP contribution in [-0.4, -0.2) is 58.9 Å². The molecule has 0 unspecified atom stereocenters. The van der Waals surface area contributed by atoms with E-state index in [0.29, 0.717) is 23.4 Å². The van der Waals surface area contributed by atoms with E-state index in [1.165, 1.54) is 12.4 Å². The fourth-order valence-corrected chi connectivity index (χ4v) is 4.35. The molecule has 37 heavy (non-hydrogen) atoms. The van der Waals surface area contributed by atoms with Gasteiger partial charge in [0.2, 0.25) is 0 Å². The molecule has 0 bridgehead atoms. The van der Waals surface area contributed by atoms with Crippen molar-refractivity contribution < 1.29 is 9.18 Å². The molecular formula is C30H28FN5O. The maximum atomic E-state index is 14.8. The molecule has 1 amide bonds. The molecule has 1 saturated heterocycles. The lowest BCUT2D eigenvalue weighted by Crippen LogP contribution is -2.44. The second-order valence-corrected chi connectivity index (χ2v) is 9.38. The van der Waals surface area contributed by atoms with E-state index in [2.05, 4.69) is 44.0 Å². The number of halogens is 1. The maximum Gasteiger partial charge on any atom is 0.255 e. The Labute approximate surface area is 216 Å². The standard InChI is InChI=1S/C30H28FN5O/c1-21-6-7-24(16-23(21)9-8-22-4-3-5-29-27(22)18-32-20-33-29)30(37)34-26-11-10-25(28(31)17-26)19-36-14-12-35(2)13-15-36/h3-7,10-11,16-18,20H,12-15,19H2,1-2H3,(H,34,37). The van der Waals surface area contributed by atoms with E-state index in [4.69, 9.17) is 0 Å². The van der Waals surface area contributed by atoms with E-state index in [1.807, 2.05) is 31.2 Å². The number of anilines is 1. The van der Waals surface area contributed by atoms with Gasteiger partial charge in [-0.25, -0.2) is 14.4 Å². The molecule has 2 heterocycles. The lowest BCUT2D eigenvalue weighted by Gasteiger charge is -2.32. The molecule has 1 N–H and O–H groups in total. The zero-order valence-electron chi connectivity index (χ0n) is 21.0. The fraction of sp³-hybridized carbons (Fsp3) is 0.233. The van der Waals surface area contributed by atoms with Crippen molar-refractivity contribution in [2.75, 3.05) is 38.5 Å². The summed E-state index contributed by atoms with van der Waals surface area (Å²) in [5.41, 5.74) is 4.86. The van der Waals surface area contributed by atoms with Gasteiger partial charge in [-0.15, -0.1) is 0 Å². The first kappa shape index (κ1) is 24.6. The van der Waals surface area contributed by atoms with Crippen LogP contribution in [0.4, 0.5) is 10.1 Å². The predicted molar refractivity (Wildman–Crippen MR) is 144 cm³/mol. The average Bonchev–Trinajstić information content (AvgIpc) is 2.91. The zero-order chi connectivity index (χ0) is 25.8. The highest BCUT2D eigenvalue weighted by Crippen LogP contribution is 2.19. The van der Waals surface area contributed by atoms with Gasteiger partial charge in [-0.3, -0.25) is 9.69 Å². The van der Waals surface area contributed by atoms with Crippen LogP contribution in [-0.2, 0) is 6.54 Å². The summed E-state index contributed by atoms with van der Waals surface area (Å²) < 4.78 is 14.8. The first-order chi connectivity index (χ1) is 18.0. The number of hydrogen-bond donors (Lipinski definition) is 1. The number of carbonyl (C=O) groups is 1. The molecule has 0 radical (unpaired) electrons. The predicted octanol–water partition coefficient (Wildman–Crippen LogP) is 4.48. The molecule has 186 valence electrons. The van der Waals surface area contributed by atoms with E-state index >= 15 is 0 Å². The van der Waals surface area contributed by atoms with Crippen molar-refractivity contribution in [3.8, 4) is 11.8 Å². The minimum atomic E-state index is -0.314. The van der Waals surface area contributed by atoms with Crippen molar-refractivity contribution in [1.82, 2.24) is 19.8 Å². The Morgan fingerprint density at radius 2 is 1.84 bits per heavy atom. The molecule has 0 aliphatic carbocycles. The largest absolute Gasteiger partial charge is 0.322 e. The van der Waals surface area contributed by atoms with E-state index in [0.717, 1.165) is 53.8 Å². The normalized spacial score (nSPS) is 14.2. The molecular weight excluding hydrogens is 465 g/mol. The summed E-state index contributed by atoms with van der Waals surface area (Å²) in [4.78, 5) is 25.9. The number of fused-ring (bicyclic) bond motifs is 1. The van der Waals surface area contributed by atoms with Crippen LogP contribution in [0.1, 0.15) is 32.6 Å². The van der Waals surface area contributed by atoms with E-state index in [-0.39, 0.29) is 11.7 Å². The third-order valence-electron chi connectivity index (χ3n) is 6.68. The number of aryl methyl sites for hydroxylation is 1. The zero-order valence-corrected chi connectivity index (χ0v) is 21.0. The Morgan fingerprint density at radius 3 is 2.65 bits per heavy atom. The lowest BCUT2D eigenvalue weighted by atomic mass is 10.0. The van der Waals surface area contributed by atoms with Crippen molar-refractivity contribution in [3.05, 3.63) is 101 Å². The van der Waals surface area contributed by atoms with E-state index in [1.54, 1.807) is 30.5 Å². The van der Waals surface area contributed by atoms with Crippen molar-refractivity contribution in [1.29, 1.82) is 0 Å². The Hall–Kier alpha value is -4.12. The summed E-state index contributed by atoms with van der Waals surface area (Å²) in [5, 5.41) is 3.69. The molecule has 4 aromatic rings. The Bertz CT molecular complexity index is 1510. The number of carbonyl (C=O) groups excluding carboxylic acids is 1. The van der Waals surface area contributed by atoms with Crippen LogP contribution in [0.15, 0.2) is 67.1 Å². The second kappa shape index (κ2) is 10.9. The summed E-state index contributed by atoms with van der Waals surface area (Å²) in [6, 6.07) is 16.0. The summed E-state index contributed by atoms with van der Waals surface area (Å²) in [6.07, 6.45) is 3.26. The average molecular weight is 494 g/mol. The molecule has 7 heteroatoms. The Balaban J connectivity index is 1.30. The van der Waals surface area contributed by atoms with Crippen LogP contribution in [0.3, 0.4) is 0 Å². The summed E-state index contributed by atoms with van der Waals surface area (Å²) >= 11 is 0. The number of hydrogen-bond acceptors (Lipinski definition) is 5. The van der Waals surface area contributed by atoms with E-state index < -0.39 is 0 Å². The third-order valence-corrected chi connectivity index (χ3v) is 6.68. The lowest BCUT2D eigenvalue weighted by molar-refractivity contribution is 0.102. The highest BCUT2D eigenvalue weighted by Gasteiger charge is 2.16. The van der Waals surface area contributed by atoms with Crippen molar-refractivity contribution in [2.45, 2.75) is 13.5 Å². The van der Waals surface area contributed by atoms with Gasteiger partial charge in [-0.2, -0.15) is 0 Å². The highest BCUT2D eigenvalue weighted by molar-refractivity contribution is 6.04. The van der Waals surface area contributed by atoms with Crippen molar-refractivity contribution >= 4 is 22.5 Å². The maximum absolute atomic E-state index is 14.8. The number of rotatable bonds is 4. The minimum absolute atomic E-state index is 0.312. The van der Waals surface area contributed by atoms with Crippen LogP contribution in [0, 0.1) is 24.6 Å². The van der Waals surface area contributed by atoms with Crippen LogP contribution in [0.25, 0.3) is 10.9 Å². The molecule has 3 aromatic carbocycles. The minimum Gasteiger partial charge on any atom is -0.322 e. The number of benzene rings is 3. The van der Waals surface area contributed by atoms with Crippen molar-refractivity contribution in [3.63, 3.8) is 0 Å². The molecule has 0 saturated carbocycles. The quantitative estimate of drug-likeness (QED) is 0.425. The topological polar surface area (TPSA) is 61.4 Å². The summed E-state index contributed by atoms with van der Waals surface area (Å²) in [6.45, 7) is 6.32. The van der Waals surface area contributed by atoms with Gasteiger partial charge >= 0.3 is 0 Å². The Morgan fingerprint density at radius 1 is 1.03 bits per heavy atom. The molecule has 0 spiro atoms. The molecule has 1 aromatic heterocycles. The van der Waals surface area contributed by atoms with Gasteiger partial charge in [0.1, 0.15) is 12.1 Å². The number of nitrogens with zero attached hydrogens (tertiary/aromatic N) is 4. The number of piperazine rings is 1. The third kappa shape index (κ3) is 5.83. The molecule has 1 aliphatic rings. The first-order valence-corrected chi connectivity index (χ1v) is 12.3. The van der Waals surface area contributed by atoms with Gasteiger partial charge in [-0.05, 0) is 55.9 Å². The molecule has 1 fully saturated rings. The molecule has 6 nitrogen and oxygen atoms in total. The number of likely N-dealkylation sites (N-methyl/N-ethyl adjacent to an activating group) is 1. The number of amides is 1. The Kier molecular flexibility index (Phi) is 7.22. The second-order valence-electron chi connectivity index (χ2n) is 9.38. The van der Waals surface area contributed by atoms with Gasteiger partial charge in [0, 0.05) is 72.2 Å². The smallest absolute Gasteiger partial charge is 0.255 e. The number of aromatic nitrogens is 2. The first-order valence-electron chi connectivity index (χ1n) is 12.3. The highest BCUT2D eigenvalue weighted by atomic mass is 19.1. The van der Waals surface area contributed by atoms with E-state index in [9.17, 15) is 9.18 Å². The fourth-order valence-electron chi connectivity index (χ4n) is 4.35. The van der Waals surface area contributed by atoms with Gasteiger partial charge in [-0.1, -0.05) is 30.0 Å². The summed E-state index contributed by atoms with van der Waals surface area (Å²) in [5.74, 6) is 5.75. The monoisotopic (exact) mass is 493 g/mol. The van der Waals surface area contributed by atoms with Crippen LogP contribution in [0.5, 0.6) is 0 Å². The summed E-state index contributed by atoms with van der Waals surface area (Å²) in [7, 11) is 2.10. The van der Waals surface area contributed by atoms with Gasteiger partial charge in [0.05, 0.1) is 5.52 Å². The van der Waals surface area contributed by atoms with Gasteiger partial charge in [0.15, 0.2) is 0 Å². The molecule has 0 atom stereocenters. The molecule has 1 aliphatic heterocycles. The van der Waals surface area contributed by atoms with Crippen LogP contribution >= 0.6 is 0 Å². The van der Waals surface area contributed by atoms with Gasteiger partial charge in [0.25, 0.3) is 5.91 Å². The molecule has 5 rings (SSSR count). The SMILES string of the molecule is Cc1ccc(C(=O)Nc2ccc(CN3CCN(C)CC3)c(F)c2)cc1C#Cc1cccc2ncncc12. The van der Waals surface area contributed by atoms with Crippen LogP contribution < -0.4 is 5.32 Å². The number of nitrogens with one attached hydrogen (secondary N) is 1. The van der Waals surface area contributed by atoms with Crippen molar-refractivity contribution in [2.24, 2.45) is 0 Å². The van der Waals surface area contributed by atoms with Crippen LogP contribution in [0.2, 0.25) is 0 Å².